The van der Waals surface area contributed by atoms with Crippen LogP contribution < -0.4 is 5.32 Å². The largest absolute Gasteiger partial charge is 0.349 e. The van der Waals surface area contributed by atoms with E-state index in [0.29, 0.717) is 11.2 Å². The number of aromatic nitrogens is 1. The average molecular weight is 419 g/mol. The summed E-state index contributed by atoms with van der Waals surface area (Å²) in [6, 6.07) is 8.30. The predicted molar refractivity (Wildman–Crippen MR) is 128 cm³/mol. The van der Waals surface area contributed by atoms with Crippen LogP contribution in [0.2, 0.25) is 0 Å². The van der Waals surface area contributed by atoms with Crippen LogP contribution >= 0.6 is 0 Å². The van der Waals surface area contributed by atoms with Gasteiger partial charge in [0.25, 0.3) is 0 Å². The third kappa shape index (κ3) is 4.82. The summed E-state index contributed by atoms with van der Waals surface area (Å²) in [7, 11) is 2.02. The second-order valence-corrected chi connectivity index (χ2v) is 9.62. The number of hydrogen-bond donors (Lipinski definition) is 1. The number of hydrogen-bond acceptors (Lipinski definition) is 4. The van der Waals surface area contributed by atoms with Gasteiger partial charge in [-0.2, -0.15) is 0 Å². The number of nitrogens with zero attached hydrogens (tertiary/aromatic N) is 3. The second-order valence-electron chi connectivity index (χ2n) is 9.62. The van der Waals surface area contributed by atoms with Crippen molar-refractivity contribution in [1.29, 1.82) is 0 Å². The van der Waals surface area contributed by atoms with E-state index in [1.807, 2.05) is 33.2 Å². The smallest absolute Gasteiger partial charge is 0.229 e. The van der Waals surface area contributed by atoms with Crippen molar-refractivity contribution in [3.8, 4) is 0 Å². The molecule has 1 aromatic heterocycles. The number of benzene rings is 1. The minimum absolute atomic E-state index is 0.0463. The fourth-order valence-corrected chi connectivity index (χ4v) is 4.46. The number of fused-ring (bicyclic) bond motifs is 1. The van der Waals surface area contributed by atoms with Crippen LogP contribution in [0.3, 0.4) is 0 Å². The molecule has 0 radical (unpaired) electrons. The molecule has 1 amide bonds. The molecule has 1 aliphatic carbocycles. The zero-order valence-corrected chi connectivity index (χ0v) is 19.2. The first-order valence-electron chi connectivity index (χ1n) is 11.3. The lowest BCUT2D eigenvalue weighted by atomic mass is 10.0. The monoisotopic (exact) mass is 418 g/mol. The van der Waals surface area contributed by atoms with Gasteiger partial charge >= 0.3 is 0 Å². The number of nitrogens with one attached hydrogen (secondary N) is 1. The molecule has 2 heterocycles. The van der Waals surface area contributed by atoms with Gasteiger partial charge in [0, 0.05) is 43.1 Å². The van der Waals surface area contributed by atoms with Crippen LogP contribution in [0.1, 0.15) is 45.6 Å². The molecule has 4 rings (SSSR count). The van der Waals surface area contributed by atoms with Crippen LogP contribution in [0.25, 0.3) is 16.5 Å². The Morgan fingerprint density at radius 1 is 1.35 bits per heavy atom. The molecule has 164 valence electrons. The maximum atomic E-state index is 12.9. The summed E-state index contributed by atoms with van der Waals surface area (Å²) < 4.78 is 0. The van der Waals surface area contributed by atoms with Crippen LogP contribution in [-0.2, 0) is 4.79 Å². The lowest BCUT2D eigenvalue weighted by Crippen LogP contribution is -2.30. The van der Waals surface area contributed by atoms with Crippen LogP contribution in [0.4, 0.5) is 5.82 Å². The van der Waals surface area contributed by atoms with Gasteiger partial charge in [-0.25, -0.2) is 4.98 Å². The predicted octanol–water partition coefficient (Wildman–Crippen LogP) is 5.12. The number of carbonyl (C=O) groups excluding carboxylic acids is 1. The third-order valence-electron chi connectivity index (χ3n) is 6.83. The molecule has 2 fully saturated rings. The molecule has 1 saturated heterocycles. The van der Waals surface area contributed by atoms with E-state index in [2.05, 4.69) is 57.9 Å². The van der Waals surface area contributed by atoms with Crippen molar-refractivity contribution in [3.63, 3.8) is 0 Å². The molecule has 5 heteroatoms. The van der Waals surface area contributed by atoms with E-state index in [0.717, 1.165) is 53.8 Å². The first-order valence-corrected chi connectivity index (χ1v) is 11.3. The highest BCUT2D eigenvalue weighted by Crippen LogP contribution is 2.46. The van der Waals surface area contributed by atoms with Crippen molar-refractivity contribution in [2.24, 2.45) is 11.3 Å². The second kappa shape index (κ2) is 8.46. The third-order valence-corrected chi connectivity index (χ3v) is 6.83. The lowest BCUT2D eigenvalue weighted by Gasteiger charge is -2.23. The van der Waals surface area contributed by atoms with Crippen molar-refractivity contribution in [2.45, 2.75) is 40.0 Å². The number of anilines is 1. The molecule has 1 aromatic carbocycles. The van der Waals surface area contributed by atoms with Gasteiger partial charge < -0.3 is 15.1 Å². The number of rotatable bonds is 7. The van der Waals surface area contributed by atoms with Crippen LogP contribution in [-0.4, -0.2) is 47.4 Å². The van der Waals surface area contributed by atoms with Gasteiger partial charge in [0.15, 0.2) is 0 Å². The molecule has 2 aliphatic rings. The molecular weight excluding hydrogens is 384 g/mol. The van der Waals surface area contributed by atoms with Gasteiger partial charge in [-0.3, -0.25) is 4.79 Å². The lowest BCUT2D eigenvalue weighted by molar-refractivity contribution is -0.119. The van der Waals surface area contributed by atoms with Gasteiger partial charge in [0.1, 0.15) is 5.82 Å². The quantitative estimate of drug-likeness (QED) is 0.678. The van der Waals surface area contributed by atoms with Crippen molar-refractivity contribution in [1.82, 2.24) is 14.8 Å². The Balaban J connectivity index is 1.47. The number of pyridine rings is 1. The molecule has 2 aromatic rings. The van der Waals surface area contributed by atoms with Gasteiger partial charge in [-0.15, -0.1) is 0 Å². The summed E-state index contributed by atoms with van der Waals surface area (Å²) in [5, 5.41) is 5.18. The summed E-state index contributed by atoms with van der Waals surface area (Å²) in [4.78, 5) is 21.9. The van der Waals surface area contributed by atoms with Gasteiger partial charge in [0.05, 0.1) is 5.92 Å². The molecule has 0 spiro atoms. The van der Waals surface area contributed by atoms with E-state index < -0.39 is 0 Å². The summed E-state index contributed by atoms with van der Waals surface area (Å²) in [6.07, 6.45) is 7.49. The Hall–Kier alpha value is -2.66. The van der Waals surface area contributed by atoms with E-state index in [9.17, 15) is 4.79 Å². The van der Waals surface area contributed by atoms with E-state index in [-0.39, 0.29) is 11.8 Å². The first kappa shape index (κ1) is 21.6. The summed E-state index contributed by atoms with van der Waals surface area (Å²) >= 11 is 0. The van der Waals surface area contributed by atoms with Gasteiger partial charge in [0.2, 0.25) is 5.91 Å². The molecule has 1 atom stereocenters. The maximum Gasteiger partial charge on any atom is 0.229 e. The molecule has 1 saturated carbocycles. The SMILES string of the molecule is C=C(C)N(C)/C(=C\C)c1ccc2cnc(NC(=O)C3CCN(CC4(C)CC4)C3)cc2c1. The summed E-state index contributed by atoms with van der Waals surface area (Å²) in [6.45, 7) is 13.4. The van der Waals surface area contributed by atoms with Crippen molar-refractivity contribution < 1.29 is 4.79 Å². The Labute approximate surface area is 185 Å². The highest BCUT2D eigenvalue weighted by molar-refractivity contribution is 5.95. The van der Waals surface area contributed by atoms with Gasteiger partial charge in [-0.05, 0) is 68.2 Å². The van der Waals surface area contributed by atoms with Crippen molar-refractivity contribution in [2.75, 3.05) is 32.0 Å². The fraction of sp³-hybridized carbons (Fsp3) is 0.462. The Morgan fingerprint density at radius 2 is 2.13 bits per heavy atom. The number of allylic oxidation sites excluding steroid dienone is 2. The molecule has 0 bridgehead atoms. The fourth-order valence-electron chi connectivity index (χ4n) is 4.46. The highest BCUT2D eigenvalue weighted by Gasteiger charge is 2.41. The zero-order valence-electron chi connectivity index (χ0n) is 19.2. The molecule has 5 nitrogen and oxygen atoms in total. The first-order chi connectivity index (χ1) is 14.8. The summed E-state index contributed by atoms with van der Waals surface area (Å²) in [5.41, 5.74) is 3.70. The zero-order chi connectivity index (χ0) is 22.2. The van der Waals surface area contributed by atoms with E-state index in [1.54, 1.807) is 0 Å². The number of likely N-dealkylation sites (tertiary alicyclic amines) is 1. The normalized spacial score (nSPS) is 20.6. The topological polar surface area (TPSA) is 48.5 Å². The maximum absolute atomic E-state index is 12.9. The van der Waals surface area contributed by atoms with E-state index in [4.69, 9.17) is 0 Å². The van der Waals surface area contributed by atoms with Crippen LogP contribution in [0, 0.1) is 11.3 Å². The Bertz CT molecular complexity index is 1040. The molecule has 31 heavy (non-hydrogen) atoms. The Kier molecular flexibility index (Phi) is 5.89. The van der Waals surface area contributed by atoms with Crippen LogP contribution in [0.5, 0.6) is 0 Å². The number of amides is 1. The number of carbonyl (C=O) groups is 1. The minimum Gasteiger partial charge on any atom is -0.349 e. The molecule has 1 N–H and O–H groups in total. The van der Waals surface area contributed by atoms with Crippen molar-refractivity contribution >= 4 is 28.2 Å². The summed E-state index contributed by atoms with van der Waals surface area (Å²) in [5.74, 6) is 0.755. The highest BCUT2D eigenvalue weighted by atomic mass is 16.2. The van der Waals surface area contributed by atoms with E-state index in [1.165, 1.54) is 12.8 Å². The van der Waals surface area contributed by atoms with E-state index >= 15 is 0 Å². The van der Waals surface area contributed by atoms with Crippen LogP contribution in [0.15, 0.2) is 48.8 Å². The van der Waals surface area contributed by atoms with Gasteiger partial charge in [-0.1, -0.05) is 31.7 Å². The van der Waals surface area contributed by atoms with Crippen molar-refractivity contribution in [3.05, 3.63) is 54.4 Å². The minimum atomic E-state index is 0.0463. The molecular formula is C26H34N4O. The molecule has 1 aliphatic heterocycles. The average Bonchev–Trinajstić information content (AvgIpc) is 3.28. The molecule has 1 unspecified atom stereocenters. The standard InChI is InChI=1S/C26H34N4O/c1-6-23(29(5)18(2)3)19-7-8-20-15-27-24(14-22(20)13-19)28-25(31)21-9-12-30(16-21)17-26(4)10-11-26/h6-8,13-15,21H,2,9-12,16-17H2,1,3-5H3,(H,27,28,31)/b23-6-. The Morgan fingerprint density at radius 3 is 2.81 bits per heavy atom.